The van der Waals surface area contributed by atoms with Gasteiger partial charge in [-0.05, 0) is 29.7 Å². The average Bonchev–Trinajstić information content (AvgIpc) is 3.17. The fraction of sp³-hybridized carbons (Fsp3) is 0.118. The van der Waals surface area contributed by atoms with Gasteiger partial charge in [0.05, 0.1) is 24.7 Å². The first kappa shape index (κ1) is 14.4. The minimum absolute atomic E-state index is 0.367. The Kier molecular flexibility index (Phi) is 3.98. The first-order chi connectivity index (χ1) is 10.7. The van der Waals surface area contributed by atoms with E-state index in [0.29, 0.717) is 22.8 Å². The zero-order chi connectivity index (χ0) is 15.5. The summed E-state index contributed by atoms with van der Waals surface area (Å²) >= 11 is 1.53. The maximum Gasteiger partial charge on any atom is 0.343 e. The van der Waals surface area contributed by atoms with Gasteiger partial charge in [-0.1, -0.05) is 18.2 Å². The summed E-state index contributed by atoms with van der Waals surface area (Å²) in [5, 5.41) is 1.94. The third-order valence-corrected chi connectivity index (χ3v) is 4.12. The predicted molar refractivity (Wildman–Crippen MR) is 85.9 cm³/mol. The molecular formula is C17H14O4S. The number of rotatable bonds is 4. The van der Waals surface area contributed by atoms with Crippen molar-refractivity contribution >= 4 is 29.1 Å². The maximum absolute atomic E-state index is 12.0. The van der Waals surface area contributed by atoms with E-state index >= 15 is 0 Å². The molecule has 0 aliphatic carbocycles. The van der Waals surface area contributed by atoms with Crippen LogP contribution in [0.1, 0.15) is 10.4 Å². The first-order valence-corrected chi connectivity index (χ1v) is 7.51. The number of carbonyl (C=O) groups excluding carboxylic acids is 1. The van der Waals surface area contributed by atoms with Gasteiger partial charge in [-0.3, -0.25) is 0 Å². The molecule has 1 aliphatic heterocycles. The summed E-state index contributed by atoms with van der Waals surface area (Å²) in [6.45, 7) is 0. The van der Waals surface area contributed by atoms with Crippen LogP contribution in [0.2, 0.25) is 0 Å². The van der Waals surface area contributed by atoms with E-state index in [0.717, 1.165) is 10.4 Å². The van der Waals surface area contributed by atoms with Crippen LogP contribution in [0.4, 0.5) is 0 Å². The van der Waals surface area contributed by atoms with Gasteiger partial charge >= 0.3 is 5.97 Å². The molecule has 22 heavy (non-hydrogen) atoms. The molecule has 112 valence electrons. The lowest BCUT2D eigenvalue weighted by Crippen LogP contribution is -1.98. The molecule has 0 bridgehead atoms. The lowest BCUT2D eigenvalue weighted by Gasteiger charge is -2.10. The van der Waals surface area contributed by atoms with Crippen molar-refractivity contribution in [1.82, 2.24) is 0 Å². The molecule has 1 aromatic carbocycles. The van der Waals surface area contributed by atoms with Gasteiger partial charge in [0.25, 0.3) is 0 Å². The van der Waals surface area contributed by atoms with E-state index in [1.807, 2.05) is 29.6 Å². The van der Waals surface area contributed by atoms with Crippen LogP contribution in [0.15, 0.2) is 47.4 Å². The van der Waals surface area contributed by atoms with Crippen LogP contribution in [-0.4, -0.2) is 20.2 Å². The van der Waals surface area contributed by atoms with Gasteiger partial charge in [0.15, 0.2) is 11.5 Å². The summed E-state index contributed by atoms with van der Waals surface area (Å²) in [5.41, 5.74) is 1.24. The fourth-order valence-corrected chi connectivity index (χ4v) is 2.90. The molecule has 3 rings (SSSR count). The Morgan fingerprint density at radius 1 is 1.14 bits per heavy atom. The molecule has 0 spiro atoms. The highest BCUT2D eigenvalue weighted by Gasteiger charge is 2.23. The highest BCUT2D eigenvalue weighted by Crippen LogP contribution is 2.35. The standard InChI is InChI=1S/C17H14O4S/c1-19-13-6-3-5-11(16(13)20-2)9-12-10-14(21-17(12)18)15-7-4-8-22-15/h3-10H,1-2H3/b12-9+. The first-order valence-electron chi connectivity index (χ1n) is 6.63. The third kappa shape index (κ3) is 2.63. The number of cyclic esters (lactones) is 1. The molecular weight excluding hydrogens is 300 g/mol. The van der Waals surface area contributed by atoms with Crippen LogP contribution >= 0.6 is 11.3 Å². The summed E-state index contributed by atoms with van der Waals surface area (Å²) in [6, 6.07) is 9.34. The molecule has 0 amide bonds. The van der Waals surface area contributed by atoms with Crippen molar-refractivity contribution in [2.45, 2.75) is 0 Å². The number of hydrogen-bond donors (Lipinski definition) is 0. The number of esters is 1. The monoisotopic (exact) mass is 314 g/mol. The largest absolute Gasteiger partial charge is 0.493 e. The van der Waals surface area contributed by atoms with Gasteiger partial charge in [-0.2, -0.15) is 0 Å². The highest BCUT2D eigenvalue weighted by atomic mass is 32.1. The van der Waals surface area contributed by atoms with Gasteiger partial charge in [0.2, 0.25) is 0 Å². The molecule has 0 saturated heterocycles. The predicted octanol–water partition coefficient (Wildman–Crippen LogP) is 3.75. The molecule has 1 aromatic heterocycles. The SMILES string of the molecule is COc1cccc(/C=C2\C=C(c3cccs3)OC2=O)c1OC. The molecule has 4 nitrogen and oxygen atoms in total. The van der Waals surface area contributed by atoms with Crippen LogP contribution in [-0.2, 0) is 9.53 Å². The quantitative estimate of drug-likeness (QED) is 0.637. The summed E-state index contributed by atoms with van der Waals surface area (Å²) in [7, 11) is 3.15. The molecule has 0 fully saturated rings. The third-order valence-electron chi connectivity index (χ3n) is 3.23. The van der Waals surface area contributed by atoms with E-state index in [1.165, 1.54) is 11.3 Å². The molecule has 0 saturated carbocycles. The van der Waals surface area contributed by atoms with E-state index in [4.69, 9.17) is 14.2 Å². The number of para-hydroxylation sites is 1. The van der Waals surface area contributed by atoms with Crippen molar-refractivity contribution in [2.24, 2.45) is 0 Å². The smallest absolute Gasteiger partial charge is 0.343 e. The second-order valence-electron chi connectivity index (χ2n) is 4.56. The Bertz CT molecular complexity index is 757. The molecule has 1 aliphatic rings. The van der Waals surface area contributed by atoms with Crippen molar-refractivity contribution in [2.75, 3.05) is 14.2 Å². The molecule has 0 radical (unpaired) electrons. The van der Waals surface area contributed by atoms with Crippen molar-refractivity contribution in [3.63, 3.8) is 0 Å². The van der Waals surface area contributed by atoms with Gasteiger partial charge in [-0.15, -0.1) is 11.3 Å². The summed E-state index contributed by atoms with van der Waals surface area (Å²) in [6.07, 6.45) is 3.48. The van der Waals surface area contributed by atoms with E-state index in [2.05, 4.69) is 0 Å². The van der Waals surface area contributed by atoms with Crippen molar-refractivity contribution < 1.29 is 19.0 Å². The molecule has 0 N–H and O–H groups in total. The van der Waals surface area contributed by atoms with Crippen molar-refractivity contribution in [1.29, 1.82) is 0 Å². The number of benzene rings is 1. The van der Waals surface area contributed by atoms with Gasteiger partial charge in [0.1, 0.15) is 5.76 Å². The number of methoxy groups -OCH3 is 2. The number of ether oxygens (including phenoxy) is 3. The second-order valence-corrected chi connectivity index (χ2v) is 5.51. The normalized spacial score (nSPS) is 15.6. The van der Waals surface area contributed by atoms with Crippen molar-refractivity contribution in [3.8, 4) is 11.5 Å². The maximum atomic E-state index is 12.0. The van der Waals surface area contributed by atoms with E-state index in [1.54, 1.807) is 32.4 Å². The average molecular weight is 314 g/mol. The molecule has 2 heterocycles. The minimum atomic E-state index is -0.367. The van der Waals surface area contributed by atoms with Crippen LogP contribution in [0.3, 0.4) is 0 Å². The van der Waals surface area contributed by atoms with Crippen LogP contribution in [0.25, 0.3) is 11.8 Å². The molecule has 5 heteroatoms. The van der Waals surface area contributed by atoms with E-state index < -0.39 is 0 Å². The molecule has 2 aromatic rings. The van der Waals surface area contributed by atoms with Gasteiger partial charge in [0, 0.05) is 5.56 Å². The Morgan fingerprint density at radius 2 is 2.00 bits per heavy atom. The van der Waals surface area contributed by atoms with Crippen molar-refractivity contribution in [3.05, 3.63) is 57.8 Å². The van der Waals surface area contributed by atoms with E-state index in [9.17, 15) is 4.79 Å². The number of thiophene rings is 1. The summed E-state index contributed by atoms with van der Waals surface area (Å²) in [5.74, 6) is 1.41. The Balaban J connectivity index is 2.00. The lowest BCUT2D eigenvalue weighted by molar-refractivity contribution is -0.130. The summed E-state index contributed by atoms with van der Waals surface area (Å²) in [4.78, 5) is 13.0. The number of carbonyl (C=O) groups is 1. The topological polar surface area (TPSA) is 44.8 Å². The second kappa shape index (κ2) is 6.07. The van der Waals surface area contributed by atoms with Gasteiger partial charge in [-0.25, -0.2) is 4.79 Å². The zero-order valence-electron chi connectivity index (χ0n) is 12.2. The Labute approximate surface area is 132 Å². The summed E-state index contributed by atoms with van der Waals surface area (Å²) < 4.78 is 15.9. The Hall–Kier alpha value is -2.53. The van der Waals surface area contributed by atoms with Crippen LogP contribution in [0.5, 0.6) is 11.5 Å². The van der Waals surface area contributed by atoms with Gasteiger partial charge < -0.3 is 14.2 Å². The zero-order valence-corrected chi connectivity index (χ0v) is 13.0. The Morgan fingerprint density at radius 3 is 2.68 bits per heavy atom. The fourth-order valence-electron chi connectivity index (χ4n) is 2.22. The highest BCUT2D eigenvalue weighted by molar-refractivity contribution is 7.11. The molecule has 0 atom stereocenters. The van der Waals surface area contributed by atoms with Crippen LogP contribution < -0.4 is 9.47 Å². The van der Waals surface area contributed by atoms with Crippen LogP contribution in [0, 0.1) is 0 Å². The number of hydrogen-bond acceptors (Lipinski definition) is 5. The minimum Gasteiger partial charge on any atom is -0.493 e. The lowest BCUT2D eigenvalue weighted by atomic mass is 10.1. The molecule has 0 unspecified atom stereocenters. The van der Waals surface area contributed by atoms with E-state index in [-0.39, 0.29) is 5.97 Å².